The highest BCUT2D eigenvalue weighted by Gasteiger charge is 2.20. The zero-order chi connectivity index (χ0) is 14.4. The maximum absolute atomic E-state index is 12.3. The first-order chi connectivity index (χ1) is 9.76. The van der Waals surface area contributed by atoms with Crippen LogP contribution in [0.25, 0.3) is 0 Å². The van der Waals surface area contributed by atoms with Crippen molar-refractivity contribution in [2.75, 3.05) is 12.4 Å². The minimum atomic E-state index is -0.678. The van der Waals surface area contributed by atoms with Crippen molar-refractivity contribution in [3.63, 3.8) is 0 Å². The van der Waals surface area contributed by atoms with E-state index >= 15 is 0 Å². The van der Waals surface area contributed by atoms with Crippen molar-refractivity contribution in [1.29, 1.82) is 0 Å². The van der Waals surface area contributed by atoms with Gasteiger partial charge in [-0.2, -0.15) is 0 Å². The number of aliphatic hydroxyl groups is 1. The molecule has 0 aliphatic rings. The summed E-state index contributed by atoms with van der Waals surface area (Å²) in [6.45, 7) is -0.126. The molecule has 0 saturated heterocycles. The van der Waals surface area contributed by atoms with Crippen molar-refractivity contribution in [3.8, 4) is 0 Å². The first kappa shape index (κ1) is 14.2. The SMILES string of the molecule is COC(C(=O)Nc1ccccc1CO)c1ccccc1. The van der Waals surface area contributed by atoms with Gasteiger partial charge in [-0.25, -0.2) is 0 Å². The van der Waals surface area contributed by atoms with Gasteiger partial charge < -0.3 is 15.2 Å². The molecular weight excluding hydrogens is 254 g/mol. The molecule has 20 heavy (non-hydrogen) atoms. The molecule has 0 fully saturated rings. The normalized spacial score (nSPS) is 11.9. The van der Waals surface area contributed by atoms with Gasteiger partial charge in [0.25, 0.3) is 5.91 Å². The van der Waals surface area contributed by atoms with Crippen LogP contribution in [0.1, 0.15) is 17.2 Å². The molecule has 2 rings (SSSR count). The number of anilines is 1. The molecule has 1 unspecified atom stereocenters. The molecule has 0 aliphatic carbocycles. The third-order valence-electron chi connectivity index (χ3n) is 3.02. The Morgan fingerprint density at radius 2 is 1.80 bits per heavy atom. The largest absolute Gasteiger partial charge is 0.392 e. The zero-order valence-electron chi connectivity index (χ0n) is 11.2. The van der Waals surface area contributed by atoms with Crippen LogP contribution in [0.2, 0.25) is 0 Å². The van der Waals surface area contributed by atoms with Gasteiger partial charge in [-0.05, 0) is 11.6 Å². The van der Waals surface area contributed by atoms with E-state index in [-0.39, 0.29) is 12.5 Å². The number of aliphatic hydroxyl groups excluding tert-OH is 1. The Hall–Kier alpha value is -2.17. The molecule has 0 saturated carbocycles. The summed E-state index contributed by atoms with van der Waals surface area (Å²) in [5, 5.41) is 12.0. The van der Waals surface area contributed by atoms with Gasteiger partial charge in [0.1, 0.15) is 0 Å². The van der Waals surface area contributed by atoms with Crippen LogP contribution in [0.3, 0.4) is 0 Å². The summed E-state index contributed by atoms with van der Waals surface area (Å²) in [7, 11) is 1.50. The Kier molecular flexibility index (Phi) is 4.87. The van der Waals surface area contributed by atoms with Crippen molar-refractivity contribution < 1.29 is 14.6 Å². The number of hydrogen-bond donors (Lipinski definition) is 2. The summed E-state index contributed by atoms with van der Waals surface area (Å²) < 4.78 is 5.27. The van der Waals surface area contributed by atoms with Crippen LogP contribution >= 0.6 is 0 Å². The molecule has 1 amide bonds. The standard InChI is InChI=1S/C16H17NO3/c1-20-15(12-7-3-2-4-8-12)16(19)17-14-10-6-5-9-13(14)11-18/h2-10,15,18H,11H2,1H3,(H,17,19). The zero-order valence-corrected chi connectivity index (χ0v) is 11.2. The number of carbonyl (C=O) groups is 1. The van der Waals surface area contributed by atoms with Gasteiger partial charge in [0.15, 0.2) is 6.10 Å². The summed E-state index contributed by atoms with van der Waals surface area (Å²) in [5.74, 6) is -0.264. The maximum Gasteiger partial charge on any atom is 0.258 e. The highest BCUT2D eigenvalue weighted by atomic mass is 16.5. The van der Waals surface area contributed by atoms with Crippen LogP contribution in [0.15, 0.2) is 54.6 Å². The Morgan fingerprint density at radius 1 is 1.15 bits per heavy atom. The van der Waals surface area contributed by atoms with Gasteiger partial charge in [-0.3, -0.25) is 4.79 Å². The highest BCUT2D eigenvalue weighted by molar-refractivity contribution is 5.95. The van der Waals surface area contributed by atoms with Crippen molar-refractivity contribution in [2.24, 2.45) is 0 Å². The first-order valence-electron chi connectivity index (χ1n) is 6.33. The van der Waals surface area contributed by atoms with E-state index in [2.05, 4.69) is 5.32 Å². The summed E-state index contributed by atoms with van der Waals surface area (Å²) in [6.07, 6.45) is -0.678. The van der Waals surface area contributed by atoms with Gasteiger partial charge in [-0.15, -0.1) is 0 Å². The third kappa shape index (κ3) is 3.23. The van der Waals surface area contributed by atoms with Crippen molar-refractivity contribution in [2.45, 2.75) is 12.7 Å². The average molecular weight is 271 g/mol. The maximum atomic E-state index is 12.3. The van der Waals surface area contributed by atoms with Gasteiger partial charge in [0.2, 0.25) is 0 Å². The number of benzene rings is 2. The summed E-state index contributed by atoms with van der Waals surface area (Å²) in [6, 6.07) is 16.4. The van der Waals surface area contributed by atoms with Gasteiger partial charge in [0, 0.05) is 18.4 Å². The van der Waals surface area contributed by atoms with E-state index in [1.165, 1.54) is 7.11 Å². The van der Waals surface area contributed by atoms with E-state index in [1.54, 1.807) is 18.2 Å². The van der Waals surface area contributed by atoms with Crippen LogP contribution in [0, 0.1) is 0 Å². The molecule has 0 radical (unpaired) electrons. The number of rotatable bonds is 5. The van der Waals surface area contributed by atoms with Gasteiger partial charge in [-0.1, -0.05) is 48.5 Å². The predicted molar refractivity (Wildman–Crippen MR) is 77.2 cm³/mol. The molecule has 2 aromatic rings. The van der Waals surface area contributed by atoms with E-state index in [0.717, 1.165) is 5.56 Å². The molecule has 0 aromatic heterocycles. The second-order valence-corrected chi connectivity index (χ2v) is 4.33. The number of methoxy groups -OCH3 is 1. The minimum absolute atomic E-state index is 0.126. The number of hydrogen-bond acceptors (Lipinski definition) is 3. The summed E-state index contributed by atoms with van der Waals surface area (Å²) in [5.41, 5.74) is 2.05. The molecule has 0 bridgehead atoms. The Balaban J connectivity index is 2.18. The number of nitrogens with one attached hydrogen (secondary N) is 1. The Labute approximate surface area is 118 Å². The van der Waals surface area contributed by atoms with E-state index < -0.39 is 6.10 Å². The van der Waals surface area contributed by atoms with E-state index in [1.807, 2.05) is 36.4 Å². The van der Waals surface area contributed by atoms with Crippen molar-refractivity contribution in [1.82, 2.24) is 0 Å². The van der Waals surface area contributed by atoms with Gasteiger partial charge >= 0.3 is 0 Å². The molecule has 0 spiro atoms. The molecule has 2 N–H and O–H groups in total. The lowest BCUT2D eigenvalue weighted by molar-refractivity contribution is -0.126. The third-order valence-corrected chi connectivity index (χ3v) is 3.02. The fraction of sp³-hybridized carbons (Fsp3) is 0.188. The smallest absolute Gasteiger partial charge is 0.258 e. The Morgan fingerprint density at radius 3 is 2.45 bits per heavy atom. The second kappa shape index (κ2) is 6.84. The molecule has 4 heteroatoms. The number of para-hydroxylation sites is 1. The fourth-order valence-corrected chi connectivity index (χ4v) is 2.00. The number of carbonyl (C=O) groups excluding carboxylic acids is 1. The van der Waals surface area contributed by atoms with Gasteiger partial charge in [0.05, 0.1) is 6.61 Å². The predicted octanol–water partition coefficient (Wildman–Crippen LogP) is 2.51. The molecule has 2 aromatic carbocycles. The molecular formula is C16H17NO3. The Bertz CT molecular complexity index is 569. The topological polar surface area (TPSA) is 58.6 Å². The quantitative estimate of drug-likeness (QED) is 0.878. The van der Waals surface area contributed by atoms with Crippen LogP contribution < -0.4 is 5.32 Å². The monoisotopic (exact) mass is 271 g/mol. The van der Waals surface area contributed by atoms with E-state index in [4.69, 9.17) is 4.74 Å². The molecule has 0 heterocycles. The van der Waals surface area contributed by atoms with Crippen molar-refractivity contribution in [3.05, 3.63) is 65.7 Å². The average Bonchev–Trinajstić information content (AvgIpc) is 2.49. The number of ether oxygens (including phenoxy) is 1. The molecule has 4 nitrogen and oxygen atoms in total. The lowest BCUT2D eigenvalue weighted by atomic mass is 10.1. The van der Waals surface area contributed by atoms with Crippen LogP contribution in [0.5, 0.6) is 0 Å². The molecule has 104 valence electrons. The first-order valence-corrected chi connectivity index (χ1v) is 6.33. The number of amides is 1. The summed E-state index contributed by atoms with van der Waals surface area (Å²) in [4.78, 5) is 12.3. The van der Waals surface area contributed by atoms with E-state index in [9.17, 15) is 9.90 Å². The lowest BCUT2D eigenvalue weighted by Crippen LogP contribution is -2.23. The highest BCUT2D eigenvalue weighted by Crippen LogP contribution is 2.21. The van der Waals surface area contributed by atoms with Crippen LogP contribution in [-0.2, 0) is 16.1 Å². The second-order valence-electron chi connectivity index (χ2n) is 4.33. The lowest BCUT2D eigenvalue weighted by Gasteiger charge is -2.17. The van der Waals surface area contributed by atoms with Crippen LogP contribution in [0.4, 0.5) is 5.69 Å². The van der Waals surface area contributed by atoms with Crippen LogP contribution in [-0.4, -0.2) is 18.1 Å². The summed E-state index contributed by atoms with van der Waals surface area (Å²) >= 11 is 0. The fourth-order valence-electron chi connectivity index (χ4n) is 2.00. The minimum Gasteiger partial charge on any atom is -0.392 e. The molecule has 0 aliphatic heterocycles. The van der Waals surface area contributed by atoms with E-state index in [0.29, 0.717) is 11.3 Å². The molecule has 1 atom stereocenters. The van der Waals surface area contributed by atoms with Crippen molar-refractivity contribution >= 4 is 11.6 Å².